The predicted octanol–water partition coefficient (Wildman–Crippen LogP) is 0.906. The van der Waals surface area contributed by atoms with E-state index in [1.165, 1.54) is 4.90 Å². The smallest absolute Gasteiger partial charge is 0.243 e. The van der Waals surface area contributed by atoms with Gasteiger partial charge in [-0.25, -0.2) is 4.99 Å². The normalized spacial score (nSPS) is 16.6. The van der Waals surface area contributed by atoms with Gasteiger partial charge in [-0.05, 0) is 30.5 Å². The summed E-state index contributed by atoms with van der Waals surface area (Å²) in [6.45, 7) is 3.14. The first kappa shape index (κ1) is 21.8. The molecule has 1 aliphatic rings. The van der Waals surface area contributed by atoms with Crippen LogP contribution in [0.1, 0.15) is 12.0 Å². The zero-order valence-electron chi connectivity index (χ0n) is 17.3. The summed E-state index contributed by atoms with van der Waals surface area (Å²) in [6.07, 6.45) is 1.83. The lowest BCUT2D eigenvalue weighted by atomic mass is 10.1. The Morgan fingerprint density at radius 1 is 1.25 bits per heavy atom. The number of nitrogens with one attached hydrogen (secondary N) is 2. The number of amides is 1. The molecule has 0 aliphatic carbocycles. The minimum Gasteiger partial charge on any atom is -0.493 e. The van der Waals surface area contributed by atoms with Gasteiger partial charge in [-0.15, -0.1) is 0 Å². The third-order valence-electron chi connectivity index (χ3n) is 4.61. The number of carbonyl (C=O) groups excluding carboxylic acids is 1. The van der Waals surface area contributed by atoms with Crippen LogP contribution in [-0.4, -0.2) is 77.9 Å². The Hall–Kier alpha value is -2.48. The topological polar surface area (TPSA) is 84.4 Å². The molecule has 2 N–H and O–H groups in total. The molecule has 1 amide bonds. The maximum Gasteiger partial charge on any atom is 0.243 e. The fraction of sp³-hybridized carbons (Fsp3) is 0.600. The number of rotatable bonds is 9. The maximum atomic E-state index is 11.9. The lowest BCUT2D eigenvalue weighted by Gasteiger charge is -2.16. The van der Waals surface area contributed by atoms with Crippen molar-refractivity contribution in [3.8, 4) is 11.5 Å². The second-order valence-electron chi connectivity index (χ2n) is 6.93. The molecule has 0 aromatic heterocycles. The van der Waals surface area contributed by atoms with Crippen LogP contribution in [0.25, 0.3) is 0 Å². The molecule has 1 atom stereocenters. The Balaban J connectivity index is 1.91. The van der Waals surface area contributed by atoms with Crippen molar-refractivity contribution in [1.29, 1.82) is 0 Å². The summed E-state index contributed by atoms with van der Waals surface area (Å²) in [5.74, 6) is 2.50. The average molecular weight is 393 g/mol. The summed E-state index contributed by atoms with van der Waals surface area (Å²) in [5, 5.41) is 6.63. The summed E-state index contributed by atoms with van der Waals surface area (Å²) in [6, 6.07) is 5.88. The van der Waals surface area contributed by atoms with Gasteiger partial charge in [0.1, 0.15) is 6.54 Å². The molecule has 0 saturated carbocycles. The molecular weight excluding hydrogens is 360 g/mol. The van der Waals surface area contributed by atoms with Gasteiger partial charge in [-0.1, -0.05) is 6.07 Å². The number of nitrogens with zero attached hydrogens (tertiary/aromatic N) is 2. The van der Waals surface area contributed by atoms with Crippen LogP contribution in [0.4, 0.5) is 0 Å². The molecule has 8 heteroatoms. The van der Waals surface area contributed by atoms with Crippen LogP contribution in [0.2, 0.25) is 0 Å². The van der Waals surface area contributed by atoms with Crippen LogP contribution in [0.5, 0.6) is 11.5 Å². The largest absolute Gasteiger partial charge is 0.493 e. The maximum absolute atomic E-state index is 11.9. The number of carbonyl (C=O) groups is 1. The van der Waals surface area contributed by atoms with Gasteiger partial charge in [0.25, 0.3) is 0 Å². The van der Waals surface area contributed by atoms with Crippen molar-refractivity contribution in [2.24, 2.45) is 10.9 Å². The van der Waals surface area contributed by atoms with E-state index < -0.39 is 0 Å². The minimum atomic E-state index is -0.0369. The number of benzene rings is 1. The van der Waals surface area contributed by atoms with Gasteiger partial charge in [0.2, 0.25) is 5.91 Å². The van der Waals surface area contributed by atoms with E-state index in [0.29, 0.717) is 29.9 Å². The number of likely N-dealkylation sites (N-methyl/N-ethyl adjacent to an activating group) is 1. The monoisotopic (exact) mass is 392 g/mol. The Morgan fingerprint density at radius 3 is 2.68 bits per heavy atom. The van der Waals surface area contributed by atoms with Gasteiger partial charge >= 0.3 is 0 Å². The zero-order valence-corrected chi connectivity index (χ0v) is 17.3. The molecule has 1 fully saturated rings. The van der Waals surface area contributed by atoms with Crippen molar-refractivity contribution in [2.75, 3.05) is 61.2 Å². The second-order valence-corrected chi connectivity index (χ2v) is 6.93. The Morgan fingerprint density at radius 2 is 2.04 bits per heavy atom. The molecule has 156 valence electrons. The van der Waals surface area contributed by atoms with E-state index >= 15 is 0 Å². The van der Waals surface area contributed by atoms with Gasteiger partial charge < -0.3 is 29.7 Å². The molecule has 2 rings (SSSR count). The van der Waals surface area contributed by atoms with E-state index in [2.05, 4.69) is 15.6 Å². The van der Waals surface area contributed by atoms with Crippen LogP contribution in [-0.2, 0) is 16.0 Å². The fourth-order valence-corrected chi connectivity index (χ4v) is 2.81. The number of ether oxygens (including phenoxy) is 3. The third-order valence-corrected chi connectivity index (χ3v) is 4.61. The first-order valence-electron chi connectivity index (χ1n) is 9.54. The molecular formula is C20H32N4O4. The first-order valence-corrected chi connectivity index (χ1v) is 9.54. The molecule has 8 nitrogen and oxygen atoms in total. The molecule has 0 bridgehead atoms. The van der Waals surface area contributed by atoms with E-state index in [0.717, 1.165) is 38.2 Å². The van der Waals surface area contributed by atoms with Crippen molar-refractivity contribution in [3.63, 3.8) is 0 Å². The van der Waals surface area contributed by atoms with Gasteiger partial charge in [0.05, 0.1) is 20.8 Å². The number of aliphatic imine (C=N–C) groups is 1. The molecule has 1 aliphatic heterocycles. The Bertz CT molecular complexity index is 658. The fourth-order valence-electron chi connectivity index (χ4n) is 2.81. The van der Waals surface area contributed by atoms with Crippen LogP contribution < -0.4 is 20.1 Å². The van der Waals surface area contributed by atoms with Crippen molar-refractivity contribution >= 4 is 11.9 Å². The van der Waals surface area contributed by atoms with Gasteiger partial charge in [0, 0.05) is 39.7 Å². The summed E-state index contributed by atoms with van der Waals surface area (Å²) < 4.78 is 16.0. The predicted molar refractivity (Wildman–Crippen MR) is 109 cm³/mol. The Labute approximate surface area is 167 Å². The first-order chi connectivity index (χ1) is 13.5. The summed E-state index contributed by atoms with van der Waals surface area (Å²) >= 11 is 0. The average Bonchev–Trinajstić information content (AvgIpc) is 3.22. The van der Waals surface area contributed by atoms with Crippen LogP contribution in [0.15, 0.2) is 23.2 Å². The van der Waals surface area contributed by atoms with Crippen molar-refractivity contribution in [3.05, 3.63) is 23.8 Å². The molecule has 1 heterocycles. The van der Waals surface area contributed by atoms with Gasteiger partial charge in [-0.2, -0.15) is 0 Å². The quantitative estimate of drug-likeness (QED) is 0.480. The molecule has 0 spiro atoms. The van der Waals surface area contributed by atoms with E-state index in [4.69, 9.17) is 14.2 Å². The van der Waals surface area contributed by atoms with E-state index in [-0.39, 0.29) is 12.5 Å². The van der Waals surface area contributed by atoms with Crippen LogP contribution in [0.3, 0.4) is 0 Å². The Kier molecular flexibility index (Phi) is 8.87. The van der Waals surface area contributed by atoms with Crippen LogP contribution in [0, 0.1) is 5.92 Å². The lowest BCUT2D eigenvalue weighted by Crippen LogP contribution is -2.41. The van der Waals surface area contributed by atoms with Crippen molar-refractivity contribution < 1.29 is 19.0 Å². The molecule has 28 heavy (non-hydrogen) atoms. The molecule has 1 aromatic rings. The van der Waals surface area contributed by atoms with E-state index in [1.807, 2.05) is 18.2 Å². The van der Waals surface area contributed by atoms with Gasteiger partial charge in [0.15, 0.2) is 17.5 Å². The minimum absolute atomic E-state index is 0.0369. The highest BCUT2D eigenvalue weighted by Gasteiger charge is 2.16. The highest BCUT2D eigenvalue weighted by molar-refractivity contribution is 5.84. The summed E-state index contributed by atoms with van der Waals surface area (Å²) in [5.41, 5.74) is 1.12. The molecule has 1 unspecified atom stereocenters. The van der Waals surface area contributed by atoms with E-state index in [9.17, 15) is 4.79 Å². The third kappa shape index (κ3) is 6.92. The number of hydrogen-bond acceptors (Lipinski definition) is 5. The highest BCUT2D eigenvalue weighted by Crippen LogP contribution is 2.27. The molecule has 1 aromatic carbocycles. The van der Waals surface area contributed by atoms with Crippen LogP contribution >= 0.6 is 0 Å². The summed E-state index contributed by atoms with van der Waals surface area (Å²) in [4.78, 5) is 17.8. The summed E-state index contributed by atoms with van der Waals surface area (Å²) in [7, 11) is 6.71. The highest BCUT2D eigenvalue weighted by atomic mass is 16.5. The molecule has 1 saturated heterocycles. The number of methoxy groups -OCH3 is 2. The SMILES string of the molecule is COc1ccc(CCNC(=NCC(=O)N(C)C)NCC2CCOC2)cc1OC. The van der Waals surface area contributed by atoms with Crippen molar-refractivity contribution in [2.45, 2.75) is 12.8 Å². The van der Waals surface area contributed by atoms with E-state index in [1.54, 1.807) is 28.3 Å². The number of guanidine groups is 1. The zero-order chi connectivity index (χ0) is 20.4. The van der Waals surface area contributed by atoms with Crippen molar-refractivity contribution in [1.82, 2.24) is 15.5 Å². The lowest BCUT2D eigenvalue weighted by molar-refractivity contribution is -0.127. The number of hydrogen-bond donors (Lipinski definition) is 2. The standard InChI is InChI=1S/C20H32N4O4/c1-24(2)19(25)13-23-20(22-12-16-8-10-28-14-16)21-9-7-15-5-6-17(26-3)18(11-15)27-4/h5-6,11,16H,7-10,12-14H2,1-4H3,(H2,21,22,23). The second kappa shape index (κ2) is 11.4. The molecule has 0 radical (unpaired) electrons. The van der Waals surface area contributed by atoms with Gasteiger partial charge in [-0.3, -0.25) is 4.79 Å².